The van der Waals surface area contributed by atoms with Crippen LogP contribution in [0.4, 0.5) is 0 Å². The zero-order valence-electron chi connectivity index (χ0n) is 9.46. The molecule has 0 amide bonds. The van der Waals surface area contributed by atoms with Gasteiger partial charge in [-0.25, -0.2) is 13.1 Å². The Morgan fingerprint density at radius 3 is 2.71 bits per heavy atom. The van der Waals surface area contributed by atoms with Crippen LogP contribution in [-0.2, 0) is 10.0 Å². The van der Waals surface area contributed by atoms with Crippen LogP contribution >= 0.6 is 0 Å². The zero-order valence-corrected chi connectivity index (χ0v) is 10.3. The van der Waals surface area contributed by atoms with Crippen molar-refractivity contribution in [2.24, 2.45) is 0 Å². The highest BCUT2D eigenvalue weighted by atomic mass is 32.2. The summed E-state index contributed by atoms with van der Waals surface area (Å²) < 4.78 is 26.1. The maximum atomic E-state index is 11.7. The minimum Gasteiger partial charge on any atom is -0.315 e. The first-order valence-electron chi connectivity index (χ1n) is 5.62. The third-order valence-corrected chi connectivity index (χ3v) is 3.79. The molecule has 0 aromatic heterocycles. The lowest BCUT2D eigenvalue weighted by Gasteiger charge is -2.08. The minimum absolute atomic E-state index is 0.0143. The van der Waals surface area contributed by atoms with E-state index < -0.39 is 10.0 Å². The summed E-state index contributed by atoms with van der Waals surface area (Å²) in [7, 11) is -3.33. The van der Waals surface area contributed by atoms with Gasteiger partial charge in [-0.3, -0.25) is 0 Å². The van der Waals surface area contributed by atoms with Gasteiger partial charge in [-0.05, 0) is 24.6 Å². The molecule has 1 aromatic rings. The number of nitrogens with one attached hydrogen (secondary N) is 2. The summed E-state index contributed by atoms with van der Waals surface area (Å²) in [5.41, 5.74) is 0.877. The van der Waals surface area contributed by atoms with Gasteiger partial charge >= 0.3 is 0 Å². The van der Waals surface area contributed by atoms with Crippen LogP contribution in [0.15, 0.2) is 35.7 Å². The van der Waals surface area contributed by atoms with Crippen molar-refractivity contribution in [1.29, 1.82) is 0 Å². The maximum Gasteiger partial charge on any atom is 0.234 e. The van der Waals surface area contributed by atoms with Gasteiger partial charge in [0.15, 0.2) is 0 Å². The molecule has 2 rings (SSSR count). The fraction of sp³-hybridized carbons (Fsp3) is 0.333. The Labute approximate surface area is 102 Å². The number of sulfonamides is 1. The number of rotatable bonds is 4. The first-order valence-corrected chi connectivity index (χ1v) is 7.16. The van der Waals surface area contributed by atoms with E-state index in [9.17, 15) is 8.42 Å². The van der Waals surface area contributed by atoms with Gasteiger partial charge < -0.3 is 5.32 Å². The molecule has 4 nitrogen and oxygen atoms in total. The smallest absolute Gasteiger partial charge is 0.234 e. The predicted molar refractivity (Wildman–Crippen MR) is 68.8 cm³/mol. The average Bonchev–Trinajstić information content (AvgIpc) is 2.80. The molecule has 1 atom stereocenters. The molecular formula is C12H16N2O2S. The summed E-state index contributed by atoms with van der Waals surface area (Å²) >= 11 is 0. The highest BCUT2D eigenvalue weighted by Gasteiger charge is 2.18. The molecule has 2 N–H and O–H groups in total. The number of hydrogen-bond donors (Lipinski definition) is 2. The van der Waals surface area contributed by atoms with Gasteiger partial charge in [0.05, 0.1) is 0 Å². The van der Waals surface area contributed by atoms with Gasteiger partial charge in [-0.1, -0.05) is 30.3 Å². The largest absolute Gasteiger partial charge is 0.315 e. The highest BCUT2D eigenvalue weighted by Crippen LogP contribution is 2.05. The van der Waals surface area contributed by atoms with Gasteiger partial charge in [0.25, 0.3) is 0 Å². The molecule has 1 fully saturated rings. The molecule has 1 saturated heterocycles. The van der Waals surface area contributed by atoms with Gasteiger partial charge in [0.1, 0.15) is 0 Å². The second kappa shape index (κ2) is 5.44. The standard InChI is InChI=1S/C12H16N2O2S/c15-17(16,14-12-6-8-13-10-12)9-7-11-4-2-1-3-5-11/h1-5,7,9,12-14H,6,8,10H2/t12-/m0/s1. The summed E-state index contributed by atoms with van der Waals surface area (Å²) in [4.78, 5) is 0. The monoisotopic (exact) mass is 252 g/mol. The lowest BCUT2D eigenvalue weighted by Crippen LogP contribution is -2.34. The van der Waals surface area contributed by atoms with E-state index in [2.05, 4.69) is 10.0 Å². The van der Waals surface area contributed by atoms with Crippen LogP contribution in [0.5, 0.6) is 0 Å². The molecule has 0 aliphatic carbocycles. The van der Waals surface area contributed by atoms with E-state index in [1.807, 2.05) is 30.3 Å². The van der Waals surface area contributed by atoms with E-state index in [0.29, 0.717) is 6.54 Å². The fourth-order valence-electron chi connectivity index (χ4n) is 1.76. The van der Waals surface area contributed by atoms with Crippen LogP contribution in [0, 0.1) is 0 Å². The van der Waals surface area contributed by atoms with E-state index >= 15 is 0 Å². The van der Waals surface area contributed by atoms with E-state index in [-0.39, 0.29) is 6.04 Å². The summed E-state index contributed by atoms with van der Waals surface area (Å²) in [5, 5.41) is 4.34. The van der Waals surface area contributed by atoms with Crippen LogP contribution in [0.2, 0.25) is 0 Å². The molecule has 17 heavy (non-hydrogen) atoms. The van der Waals surface area contributed by atoms with E-state index in [4.69, 9.17) is 0 Å². The fourth-order valence-corrected chi connectivity index (χ4v) is 2.84. The normalized spacial score (nSPS) is 21.1. The molecule has 1 aliphatic heterocycles. The molecule has 1 heterocycles. The number of benzene rings is 1. The Morgan fingerprint density at radius 2 is 2.06 bits per heavy atom. The highest BCUT2D eigenvalue weighted by molar-refractivity contribution is 7.92. The zero-order chi connectivity index (χ0) is 12.1. The van der Waals surface area contributed by atoms with E-state index in [1.54, 1.807) is 6.08 Å². The van der Waals surface area contributed by atoms with Gasteiger partial charge in [-0.15, -0.1) is 0 Å². The first kappa shape index (κ1) is 12.3. The molecule has 0 saturated carbocycles. The molecule has 0 bridgehead atoms. The van der Waals surface area contributed by atoms with Crippen LogP contribution in [0.25, 0.3) is 6.08 Å². The van der Waals surface area contributed by atoms with Crippen LogP contribution in [0.3, 0.4) is 0 Å². The van der Waals surface area contributed by atoms with Crippen molar-refractivity contribution in [2.75, 3.05) is 13.1 Å². The minimum atomic E-state index is -3.33. The number of hydrogen-bond acceptors (Lipinski definition) is 3. The van der Waals surface area contributed by atoms with Crippen molar-refractivity contribution in [2.45, 2.75) is 12.5 Å². The van der Waals surface area contributed by atoms with Crippen LogP contribution < -0.4 is 10.0 Å². The van der Waals surface area contributed by atoms with Crippen molar-refractivity contribution in [3.05, 3.63) is 41.3 Å². The Bertz CT molecular complexity index is 476. The third kappa shape index (κ3) is 3.96. The van der Waals surface area contributed by atoms with Crippen molar-refractivity contribution in [3.8, 4) is 0 Å². The SMILES string of the molecule is O=S(=O)(C=Cc1ccccc1)N[C@H]1CCNC1. The Hall–Kier alpha value is -1.17. The molecule has 0 spiro atoms. The van der Waals surface area contributed by atoms with Gasteiger partial charge in [-0.2, -0.15) is 0 Å². The Balaban J connectivity index is 1.99. The predicted octanol–water partition coefficient (Wildman–Crippen LogP) is 0.939. The topological polar surface area (TPSA) is 58.2 Å². The van der Waals surface area contributed by atoms with Crippen molar-refractivity contribution in [3.63, 3.8) is 0 Å². The van der Waals surface area contributed by atoms with Gasteiger partial charge in [0.2, 0.25) is 10.0 Å². The summed E-state index contributed by atoms with van der Waals surface area (Å²) in [6, 6.07) is 9.39. The van der Waals surface area contributed by atoms with Crippen LogP contribution in [0.1, 0.15) is 12.0 Å². The summed E-state index contributed by atoms with van der Waals surface area (Å²) in [6.07, 6.45) is 2.45. The lowest BCUT2D eigenvalue weighted by atomic mass is 10.2. The molecule has 1 aromatic carbocycles. The van der Waals surface area contributed by atoms with E-state index in [0.717, 1.165) is 18.5 Å². The Morgan fingerprint density at radius 1 is 1.29 bits per heavy atom. The summed E-state index contributed by atoms with van der Waals surface area (Å²) in [6.45, 7) is 1.58. The second-order valence-corrected chi connectivity index (χ2v) is 5.66. The van der Waals surface area contributed by atoms with Crippen LogP contribution in [-0.4, -0.2) is 27.5 Å². The molecule has 5 heteroatoms. The molecule has 92 valence electrons. The summed E-state index contributed by atoms with van der Waals surface area (Å²) in [5.74, 6) is 0. The first-order chi connectivity index (χ1) is 8.16. The average molecular weight is 252 g/mol. The van der Waals surface area contributed by atoms with E-state index in [1.165, 1.54) is 5.41 Å². The lowest BCUT2D eigenvalue weighted by molar-refractivity contribution is 0.569. The van der Waals surface area contributed by atoms with Crippen molar-refractivity contribution < 1.29 is 8.42 Å². The third-order valence-electron chi connectivity index (χ3n) is 2.63. The Kier molecular flexibility index (Phi) is 3.93. The molecule has 0 unspecified atom stereocenters. The molecule has 1 aliphatic rings. The second-order valence-electron chi connectivity index (χ2n) is 4.07. The quantitative estimate of drug-likeness (QED) is 0.838. The molecular weight excluding hydrogens is 236 g/mol. The molecule has 0 radical (unpaired) electrons. The van der Waals surface area contributed by atoms with Gasteiger partial charge in [0, 0.05) is 18.0 Å². The van der Waals surface area contributed by atoms with Crippen molar-refractivity contribution >= 4 is 16.1 Å². The van der Waals surface area contributed by atoms with Crippen molar-refractivity contribution in [1.82, 2.24) is 10.0 Å². The maximum absolute atomic E-state index is 11.7.